The Balaban J connectivity index is 2.76. The van der Waals surface area contributed by atoms with Crippen LogP contribution in [0.1, 0.15) is 6.92 Å². The van der Waals surface area contributed by atoms with E-state index in [-0.39, 0.29) is 0 Å². The SMILES string of the molecule is CCNC1=C(Br)CNC=C1N. The van der Waals surface area contributed by atoms with E-state index in [0.29, 0.717) is 0 Å². The maximum atomic E-state index is 5.70. The molecular formula is C7H12BrN3. The predicted molar refractivity (Wildman–Crippen MR) is 49.9 cm³/mol. The fourth-order valence-electron chi connectivity index (χ4n) is 0.943. The average molecular weight is 218 g/mol. The average Bonchev–Trinajstić information content (AvgIpc) is 1.97. The minimum absolute atomic E-state index is 0.755. The molecule has 4 N–H and O–H groups in total. The topological polar surface area (TPSA) is 50.1 Å². The highest BCUT2D eigenvalue weighted by atomic mass is 79.9. The van der Waals surface area contributed by atoms with E-state index in [0.717, 1.165) is 29.0 Å². The molecule has 1 rings (SSSR count). The number of hydrogen-bond donors (Lipinski definition) is 3. The second-order valence-corrected chi connectivity index (χ2v) is 3.25. The third-order valence-electron chi connectivity index (χ3n) is 1.43. The summed E-state index contributed by atoms with van der Waals surface area (Å²) in [5.74, 6) is 0. The van der Waals surface area contributed by atoms with Gasteiger partial charge >= 0.3 is 0 Å². The Hall–Kier alpha value is -0.640. The molecule has 0 unspecified atom stereocenters. The van der Waals surface area contributed by atoms with Crippen molar-refractivity contribution in [3.63, 3.8) is 0 Å². The van der Waals surface area contributed by atoms with Crippen molar-refractivity contribution in [3.8, 4) is 0 Å². The van der Waals surface area contributed by atoms with Crippen LogP contribution in [0.4, 0.5) is 0 Å². The maximum absolute atomic E-state index is 5.70. The lowest BCUT2D eigenvalue weighted by Crippen LogP contribution is -2.27. The van der Waals surface area contributed by atoms with Crippen molar-refractivity contribution in [2.45, 2.75) is 6.92 Å². The number of nitrogens with one attached hydrogen (secondary N) is 2. The third kappa shape index (κ3) is 1.89. The molecule has 0 saturated heterocycles. The number of rotatable bonds is 2. The number of halogens is 1. The van der Waals surface area contributed by atoms with Crippen molar-refractivity contribution in [2.75, 3.05) is 13.1 Å². The molecule has 0 radical (unpaired) electrons. The zero-order chi connectivity index (χ0) is 8.27. The zero-order valence-electron chi connectivity index (χ0n) is 6.45. The molecule has 11 heavy (non-hydrogen) atoms. The summed E-state index contributed by atoms with van der Waals surface area (Å²) in [7, 11) is 0. The van der Waals surface area contributed by atoms with E-state index < -0.39 is 0 Å². The molecule has 4 heteroatoms. The Morgan fingerprint density at radius 3 is 3.09 bits per heavy atom. The van der Waals surface area contributed by atoms with Gasteiger partial charge in [-0.05, 0) is 6.92 Å². The molecule has 0 amide bonds. The Morgan fingerprint density at radius 1 is 1.82 bits per heavy atom. The van der Waals surface area contributed by atoms with Crippen LogP contribution in [-0.2, 0) is 0 Å². The summed E-state index contributed by atoms with van der Waals surface area (Å²) in [6, 6.07) is 0. The smallest absolute Gasteiger partial charge is 0.0718 e. The fraction of sp³-hybridized carbons (Fsp3) is 0.429. The van der Waals surface area contributed by atoms with Crippen molar-refractivity contribution in [1.82, 2.24) is 10.6 Å². The van der Waals surface area contributed by atoms with Gasteiger partial charge in [-0.2, -0.15) is 0 Å². The van der Waals surface area contributed by atoms with Crippen LogP contribution in [0.25, 0.3) is 0 Å². The number of dihydropyridines is 1. The van der Waals surface area contributed by atoms with Gasteiger partial charge in [0.25, 0.3) is 0 Å². The Kier molecular flexibility index (Phi) is 2.82. The molecule has 0 aromatic heterocycles. The molecule has 0 aromatic rings. The highest BCUT2D eigenvalue weighted by molar-refractivity contribution is 9.11. The van der Waals surface area contributed by atoms with Crippen molar-refractivity contribution in [3.05, 3.63) is 22.1 Å². The molecule has 0 aliphatic carbocycles. The normalized spacial score (nSPS) is 17.5. The second kappa shape index (κ2) is 3.67. The van der Waals surface area contributed by atoms with E-state index in [1.165, 1.54) is 0 Å². The highest BCUT2D eigenvalue weighted by Crippen LogP contribution is 2.15. The molecule has 0 spiro atoms. The van der Waals surface area contributed by atoms with E-state index in [9.17, 15) is 0 Å². The van der Waals surface area contributed by atoms with Gasteiger partial charge in [-0.3, -0.25) is 0 Å². The lowest BCUT2D eigenvalue weighted by atomic mass is 10.2. The van der Waals surface area contributed by atoms with Crippen LogP contribution in [0.2, 0.25) is 0 Å². The van der Waals surface area contributed by atoms with Crippen LogP contribution in [0, 0.1) is 0 Å². The molecule has 0 atom stereocenters. The van der Waals surface area contributed by atoms with Gasteiger partial charge in [0.1, 0.15) is 0 Å². The second-order valence-electron chi connectivity index (χ2n) is 2.29. The van der Waals surface area contributed by atoms with Crippen molar-refractivity contribution >= 4 is 15.9 Å². The van der Waals surface area contributed by atoms with Gasteiger partial charge in [0.2, 0.25) is 0 Å². The summed E-state index contributed by atoms with van der Waals surface area (Å²) in [6.45, 7) is 3.74. The van der Waals surface area contributed by atoms with Gasteiger partial charge in [-0.15, -0.1) is 0 Å². The van der Waals surface area contributed by atoms with Gasteiger partial charge in [-0.1, -0.05) is 15.9 Å². The quantitative estimate of drug-likeness (QED) is 0.636. The minimum Gasteiger partial charge on any atom is -0.396 e. The van der Waals surface area contributed by atoms with Gasteiger partial charge in [0.15, 0.2) is 0 Å². The van der Waals surface area contributed by atoms with E-state index >= 15 is 0 Å². The lowest BCUT2D eigenvalue weighted by Gasteiger charge is -2.17. The molecule has 1 aliphatic rings. The van der Waals surface area contributed by atoms with E-state index in [1.807, 2.05) is 13.1 Å². The summed E-state index contributed by atoms with van der Waals surface area (Å²) in [5.41, 5.74) is 7.46. The highest BCUT2D eigenvalue weighted by Gasteiger charge is 2.09. The Bertz CT molecular complexity index is 208. The van der Waals surface area contributed by atoms with Gasteiger partial charge in [0.05, 0.1) is 11.4 Å². The fourth-order valence-corrected chi connectivity index (χ4v) is 1.47. The molecule has 1 heterocycles. The molecule has 0 fully saturated rings. The third-order valence-corrected chi connectivity index (χ3v) is 2.11. The number of likely N-dealkylation sites (N-methyl/N-ethyl adjacent to an activating group) is 1. The Labute approximate surface area is 74.9 Å². The molecular weight excluding hydrogens is 206 g/mol. The first-order valence-corrected chi connectivity index (χ1v) is 4.37. The van der Waals surface area contributed by atoms with Crippen LogP contribution in [-0.4, -0.2) is 13.1 Å². The van der Waals surface area contributed by atoms with Crippen LogP contribution < -0.4 is 16.4 Å². The number of nitrogens with two attached hydrogens (primary N) is 1. The van der Waals surface area contributed by atoms with Crippen molar-refractivity contribution < 1.29 is 0 Å². The summed E-state index contributed by atoms with van der Waals surface area (Å²) >= 11 is 3.43. The van der Waals surface area contributed by atoms with Gasteiger partial charge in [0, 0.05) is 23.8 Å². The monoisotopic (exact) mass is 217 g/mol. The molecule has 62 valence electrons. The van der Waals surface area contributed by atoms with E-state index in [1.54, 1.807) is 0 Å². The summed E-state index contributed by atoms with van der Waals surface area (Å²) in [6.07, 6.45) is 1.81. The van der Waals surface area contributed by atoms with Gasteiger partial charge in [-0.25, -0.2) is 0 Å². The van der Waals surface area contributed by atoms with Gasteiger partial charge < -0.3 is 16.4 Å². The van der Waals surface area contributed by atoms with E-state index in [4.69, 9.17) is 5.73 Å². The Morgan fingerprint density at radius 2 is 2.55 bits per heavy atom. The van der Waals surface area contributed by atoms with Crippen LogP contribution in [0.5, 0.6) is 0 Å². The lowest BCUT2D eigenvalue weighted by molar-refractivity contribution is 0.809. The molecule has 0 bridgehead atoms. The zero-order valence-corrected chi connectivity index (χ0v) is 8.03. The van der Waals surface area contributed by atoms with Crippen LogP contribution >= 0.6 is 15.9 Å². The van der Waals surface area contributed by atoms with Crippen molar-refractivity contribution in [2.24, 2.45) is 5.73 Å². The molecule has 1 aliphatic heterocycles. The first kappa shape index (κ1) is 8.46. The van der Waals surface area contributed by atoms with Crippen molar-refractivity contribution in [1.29, 1.82) is 0 Å². The summed E-state index contributed by atoms with van der Waals surface area (Å²) in [5, 5.41) is 6.22. The van der Waals surface area contributed by atoms with Crippen LogP contribution in [0.15, 0.2) is 22.1 Å². The molecule has 0 saturated carbocycles. The maximum Gasteiger partial charge on any atom is 0.0718 e. The molecule has 3 nitrogen and oxygen atoms in total. The number of hydrogen-bond acceptors (Lipinski definition) is 3. The first-order chi connectivity index (χ1) is 5.25. The molecule has 0 aromatic carbocycles. The van der Waals surface area contributed by atoms with Crippen LogP contribution in [0.3, 0.4) is 0 Å². The standard InChI is InChI=1S/C7H12BrN3/c1-2-11-7-5(8)3-10-4-6(7)9/h4,10-11H,2-3,9H2,1H3. The first-order valence-electron chi connectivity index (χ1n) is 3.57. The largest absolute Gasteiger partial charge is 0.396 e. The summed E-state index contributed by atoms with van der Waals surface area (Å²) < 4.78 is 1.08. The summed E-state index contributed by atoms with van der Waals surface area (Å²) in [4.78, 5) is 0. The minimum atomic E-state index is 0.755. The van der Waals surface area contributed by atoms with E-state index in [2.05, 4.69) is 26.6 Å². The predicted octanol–water partition coefficient (Wildman–Crippen LogP) is 0.606.